The summed E-state index contributed by atoms with van der Waals surface area (Å²) in [5.74, 6) is 0.780. The van der Waals surface area contributed by atoms with E-state index in [4.69, 9.17) is 15.0 Å². The highest BCUT2D eigenvalue weighted by atomic mass is 19.3. The number of hydrogen-bond acceptors (Lipinski definition) is 6. The van der Waals surface area contributed by atoms with Crippen LogP contribution in [0.4, 0.5) is 14.5 Å². The van der Waals surface area contributed by atoms with Gasteiger partial charge in [0.05, 0.1) is 6.54 Å². The van der Waals surface area contributed by atoms with Gasteiger partial charge in [-0.05, 0) is 48.0 Å². The number of anilines is 1. The second-order valence-corrected chi connectivity index (χ2v) is 6.17. The average molecular weight is 382 g/mol. The molecular formula is C20H16F2N4O2. The number of rotatable bonds is 5. The molecule has 0 atom stereocenters. The molecule has 0 spiro atoms. The van der Waals surface area contributed by atoms with Crippen LogP contribution in [0.15, 0.2) is 69.9 Å². The summed E-state index contributed by atoms with van der Waals surface area (Å²) in [6, 6.07) is 14.4. The quantitative estimate of drug-likeness (QED) is 0.678. The normalized spacial score (nSPS) is 13.8. The van der Waals surface area contributed by atoms with Crippen molar-refractivity contribution in [2.24, 2.45) is 4.99 Å². The van der Waals surface area contributed by atoms with Crippen molar-refractivity contribution in [3.8, 4) is 11.5 Å². The first kappa shape index (κ1) is 17.8. The molecule has 2 heterocycles. The number of nitrogens with zero attached hydrogens (tertiary/aromatic N) is 3. The number of nitrogens with two attached hydrogens (primary N) is 1. The fourth-order valence-corrected chi connectivity index (χ4v) is 2.70. The van der Waals surface area contributed by atoms with Crippen molar-refractivity contribution in [3.05, 3.63) is 77.3 Å². The van der Waals surface area contributed by atoms with Crippen LogP contribution in [-0.4, -0.2) is 29.0 Å². The third-order valence-corrected chi connectivity index (χ3v) is 4.15. The van der Waals surface area contributed by atoms with Crippen LogP contribution in [0.1, 0.15) is 17.0 Å². The van der Waals surface area contributed by atoms with Crippen molar-refractivity contribution in [3.63, 3.8) is 0 Å². The van der Waals surface area contributed by atoms with Crippen molar-refractivity contribution >= 4 is 11.6 Å². The molecule has 4 rings (SSSR count). The topological polar surface area (TPSA) is 86.5 Å². The van der Waals surface area contributed by atoms with Crippen LogP contribution in [0.25, 0.3) is 11.5 Å². The molecule has 2 N–H and O–H groups in total. The van der Waals surface area contributed by atoms with Crippen LogP contribution in [0, 0.1) is 0 Å². The highest BCUT2D eigenvalue weighted by Gasteiger charge is 2.19. The molecule has 142 valence electrons. The SMILES string of the molecule is Nc1ccc(-c2nc(Cc3ccc(C4=NCC=C(C(F)F)O4)cc3)no2)cc1. The Bertz CT molecular complexity index is 1030. The Morgan fingerprint density at radius 3 is 2.43 bits per heavy atom. The first-order valence-corrected chi connectivity index (χ1v) is 8.57. The van der Waals surface area contributed by atoms with Gasteiger partial charge in [-0.2, -0.15) is 4.98 Å². The fourth-order valence-electron chi connectivity index (χ4n) is 2.70. The molecule has 1 aliphatic heterocycles. The molecule has 2 aromatic carbocycles. The molecule has 8 heteroatoms. The van der Waals surface area contributed by atoms with E-state index in [1.165, 1.54) is 6.08 Å². The van der Waals surface area contributed by atoms with Gasteiger partial charge in [0.1, 0.15) is 0 Å². The summed E-state index contributed by atoms with van der Waals surface area (Å²) in [5.41, 5.74) is 8.69. The van der Waals surface area contributed by atoms with Crippen LogP contribution >= 0.6 is 0 Å². The minimum atomic E-state index is -2.65. The van der Waals surface area contributed by atoms with Crippen molar-refractivity contribution < 1.29 is 18.0 Å². The van der Waals surface area contributed by atoms with Crippen LogP contribution in [0.3, 0.4) is 0 Å². The third-order valence-electron chi connectivity index (χ3n) is 4.15. The van der Waals surface area contributed by atoms with Gasteiger partial charge in [0.2, 0.25) is 5.90 Å². The van der Waals surface area contributed by atoms with E-state index >= 15 is 0 Å². The average Bonchev–Trinajstić information content (AvgIpc) is 3.17. The first-order chi connectivity index (χ1) is 13.6. The van der Waals surface area contributed by atoms with E-state index in [1.54, 1.807) is 24.3 Å². The summed E-state index contributed by atoms with van der Waals surface area (Å²) in [6.45, 7) is 0.174. The highest BCUT2D eigenvalue weighted by Crippen LogP contribution is 2.21. The molecule has 0 amide bonds. The van der Waals surface area contributed by atoms with Crippen LogP contribution in [0.5, 0.6) is 0 Å². The van der Waals surface area contributed by atoms with Gasteiger partial charge >= 0.3 is 0 Å². The van der Waals surface area contributed by atoms with E-state index in [2.05, 4.69) is 15.1 Å². The summed E-state index contributed by atoms with van der Waals surface area (Å²) < 4.78 is 36.0. The third kappa shape index (κ3) is 3.90. The summed E-state index contributed by atoms with van der Waals surface area (Å²) in [4.78, 5) is 8.51. The molecule has 0 radical (unpaired) electrons. The van der Waals surface area contributed by atoms with Crippen LogP contribution < -0.4 is 5.73 Å². The number of allylic oxidation sites excluding steroid dienone is 1. The second-order valence-electron chi connectivity index (χ2n) is 6.17. The maximum atomic E-state index is 12.8. The zero-order chi connectivity index (χ0) is 19.5. The minimum absolute atomic E-state index is 0.174. The van der Waals surface area contributed by atoms with E-state index in [0.717, 1.165) is 11.1 Å². The Kier molecular flexibility index (Phi) is 4.84. The molecule has 0 fully saturated rings. The van der Waals surface area contributed by atoms with Gasteiger partial charge in [-0.15, -0.1) is 0 Å². The Balaban J connectivity index is 1.44. The van der Waals surface area contributed by atoms with Crippen molar-refractivity contribution in [1.82, 2.24) is 10.1 Å². The number of hydrogen-bond donors (Lipinski definition) is 1. The molecule has 28 heavy (non-hydrogen) atoms. The number of aliphatic imine (C=N–C) groups is 1. The predicted molar refractivity (Wildman–Crippen MR) is 100.0 cm³/mol. The van der Waals surface area contributed by atoms with Crippen LogP contribution in [-0.2, 0) is 11.2 Å². The summed E-state index contributed by atoms with van der Waals surface area (Å²) >= 11 is 0. The number of ether oxygens (including phenoxy) is 1. The molecule has 0 bridgehead atoms. The predicted octanol–water partition coefficient (Wildman–Crippen LogP) is 3.84. The van der Waals surface area contributed by atoms with E-state index in [1.807, 2.05) is 24.3 Å². The maximum absolute atomic E-state index is 12.8. The Hall–Kier alpha value is -3.55. The molecule has 6 nitrogen and oxygen atoms in total. The molecule has 0 aliphatic carbocycles. The minimum Gasteiger partial charge on any atom is -0.437 e. The zero-order valence-corrected chi connectivity index (χ0v) is 14.7. The molecule has 0 saturated carbocycles. The summed E-state index contributed by atoms with van der Waals surface area (Å²) in [6.07, 6.45) is -0.913. The molecule has 0 unspecified atom stereocenters. The molecular weight excluding hydrogens is 366 g/mol. The Morgan fingerprint density at radius 1 is 1.00 bits per heavy atom. The monoisotopic (exact) mass is 382 g/mol. The van der Waals surface area contributed by atoms with E-state index in [9.17, 15) is 8.78 Å². The standard InChI is InChI=1S/C20H16F2N4O2/c21-18(22)16-9-10-24-19(27-16)13-3-1-12(2-4-13)11-17-25-20(28-26-17)14-5-7-15(23)8-6-14/h1-9,18H,10-11,23H2. The van der Waals surface area contributed by atoms with Gasteiger partial charge in [0, 0.05) is 23.2 Å². The lowest BCUT2D eigenvalue weighted by molar-refractivity contribution is 0.131. The number of halogens is 2. The number of aromatic nitrogens is 2. The van der Waals surface area contributed by atoms with E-state index in [0.29, 0.717) is 29.4 Å². The van der Waals surface area contributed by atoms with Gasteiger partial charge < -0.3 is 15.0 Å². The largest absolute Gasteiger partial charge is 0.437 e. The Morgan fingerprint density at radius 2 is 1.71 bits per heavy atom. The second kappa shape index (κ2) is 7.59. The highest BCUT2D eigenvalue weighted by molar-refractivity contribution is 5.95. The lowest BCUT2D eigenvalue weighted by Gasteiger charge is -2.15. The fraction of sp³-hybridized carbons (Fsp3) is 0.150. The van der Waals surface area contributed by atoms with Gasteiger partial charge in [0.25, 0.3) is 12.3 Å². The van der Waals surface area contributed by atoms with E-state index in [-0.39, 0.29) is 18.2 Å². The van der Waals surface area contributed by atoms with Crippen molar-refractivity contribution in [1.29, 1.82) is 0 Å². The molecule has 0 saturated heterocycles. The van der Waals surface area contributed by atoms with Gasteiger partial charge in [-0.25, -0.2) is 13.8 Å². The van der Waals surface area contributed by atoms with Gasteiger partial charge in [-0.1, -0.05) is 17.3 Å². The zero-order valence-electron chi connectivity index (χ0n) is 14.7. The Labute approximate surface area is 159 Å². The molecule has 1 aromatic heterocycles. The van der Waals surface area contributed by atoms with Gasteiger partial charge in [-0.3, -0.25) is 0 Å². The summed E-state index contributed by atoms with van der Waals surface area (Å²) in [5, 5.41) is 4.00. The van der Waals surface area contributed by atoms with Crippen LogP contribution in [0.2, 0.25) is 0 Å². The number of alkyl halides is 2. The smallest absolute Gasteiger partial charge is 0.295 e. The lowest BCUT2D eigenvalue weighted by atomic mass is 10.1. The summed E-state index contributed by atoms with van der Waals surface area (Å²) in [7, 11) is 0. The molecule has 1 aliphatic rings. The lowest BCUT2D eigenvalue weighted by Crippen LogP contribution is -2.16. The van der Waals surface area contributed by atoms with Gasteiger partial charge in [0.15, 0.2) is 11.6 Å². The van der Waals surface area contributed by atoms with E-state index < -0.39 is 6.43 Å². The molecule has 3 aromatic rings. The number of nitrogen functional groups attached to an aromatic ring is 1. The first-order valence-electron chi connectivity index (χ1n) is 8.57. The van der Waals surface area contributed by atoms with Crippen molar-refractivity contribution in [2.45, 2.75) is 12.8 Å². The maximum Gasteiger partial charge on any atom is 0.295 e. The number of benzene rings is 2. The van der Waals surface area contributed by atoms with Crippen molar-refractivity contribution in [2.75, 3.05) is 12.3 Å².